The number of nitrogens with one attached hydrogen (secondary N) is 2. The van der Waals surface area contributed by atoms with E-state index in [1.807, 2.05) is 25.1 Å². The van der Waals surface area contributed by atoms with Gasteiger partial charge in [0.25, 0.3) is 0 Å². The van der Waals surface area contributed by atoms with Gasteiger partial charge in [-0.25, -0.2) is 13.4 Å². The molecule has 0 atom stereocenters. The summed E-state index contributed by atoms with van der Waals surface area (Å²) in [6.07, 6.45) is 2.95. The van der Waals surface area contributed by atoms with E-state index in [-0.39, 0.29) is 0 Å². The van der Waals surface area contributed by atoms with Gasteiger partial charge < -0.3 is 10.6 Å². The average Bonchev–Trinajstić information content (AvgIpc) is 2.58. The van der Waals surface area contributed by atoms with E-state index in [1.54, 1.807) is 30.5 Å². The van der Waals surface area contributed by atoms with Gasteiger partial charge in [0.05, 0.1) is 23.7 Å². The van der Waals surface area contributed by atoms with Gasteiger partial charge in [0.15, 0.2) is 15.8 Å². The van der Waals surface area contributed by atoms with Crippen LogP contribution >= 0.6 is 0 Å². The number of aromatic nitrogens is 1. The maximum atomic E-state index is 11.5. The molecule has 0 saturated carbocycles. The SMILES string of the molecule is CCNC(=NCc1ccc(S(C)(=O)=O)cc1)NCc1ccccn1. The zero-order valence-electron chi connectivity index (χ0n) is 13.9. The molecule has 2 N–H and O–H groups in total. The van der Waals surface area contributed by atoms with Crippen LogP contribution in [0.2, 0.25) is 0 Å². The highest BCUT2D eigenvalue weighted by Crippen LogP contribution is 2.10. The Balaban J connectivity index is 2.00. The molecule has 0 spiro atoms. The Morgan fingerprint density at radius 2 is 1.88 bits per heavy atom. The molecule has 0 saturated heterocycles. The summed E-state index contributed by atoms with van der Waals surface area (Å²) in [5.74, 6) is 0.690. The van der Waals surface area contributed by atoms with Gasteiger partial charge in [-0.3, -0.25) is 4.98 Å². The van der Waals surface area contributed by atoms with Crippen molar-refractivity contribution in [2.24, 2.45) is 4.99 Å². The highest BCUT2D eigenvalue weighted by Gasteiger charge is 2.06. The van der Waals surface area contributed by atoms with Crippen LogP contribution in [0, 0.1) is 0 Å². The maximum Gasteiger partial charge on any atom is 0.191 e. The Bertz CT molecular complexity index is 772. The summed E-state index contributed by atoms with van der Waals surface area (Å²) >= 11 is 0. The third-order valence-corrected chi connectivity index (χ3v) is 4.41. The normalized spacial score (nSPS) is 12.0. The monoisotopic (exact) mass is 346 g/mol. The number of guanidine groups is 1. The summed E-state index contributed by atoms with van der Waals surface area (Å²) in [5.41, 5.74) is 1.87. The van der Waals surface area contributed by atoms with Crippen molar-refractivity contribution in [2.45, 2.75) is 24.9 Å². The van der Waals surface area contributed by atoms with Gasteiger partial charge >= 0.3 is 0 Å². The predicted octanol–water partition coefficient (Wildman–Crippen LogP) is 1.74. The van der Waals surface area contributed by atoms with E-state index in [0.29, 0.717) is 23.9 Å². The fourth-order valence-electron chi connectivity index (χ4n) is 2.03. The Morgan fingerprint density at radius 3 is 2.46 bits per heavy atom. The number of aliphatic imine (C=N–C) groups is 1. The molecule has 24 heavy (non-hydrogen) atoms. The van der Waals surface area contributed by atoms with Gasteiger partial charge in [0.1, 0.15) is 0 Å². The van der Waals surface area contributed by atoms with Crippen LogP contribution in [0.15, 0.2) is 58.5 Å². The third kappa shape index (κ3) is 5.66. The quantitative estimate of drug-likeness (QED) is 0.615. The first-order valence-electron chi connectivity index (χ1n) is 7.70. The molecular formula is C17H22N4O2S. The summed E-state index contributed by atoms with van der Waals surface area (Å²) in [4.78, 5) is 9.08. The molecular weight excluding hydrogens is 324 g/mol. The Labute approximate surface area is 143 Å². The van der Waals surface area contributed by atoms with Crippen LogP contribution in [0.25, 0.3) is 0 Å². The number of sulfone groups is 1. The highest BCUT2D eigenvalue weighted by atomic mass is 32.2. The standard InChI is InChI=1S/C17H22N4O2S/c1-3-18-17(21-13-15-6-4-5-11-19-15)20-12-14-7-9-16(10-8-14)24(2,22)23/h4-11H,3,12-13H2,1-2H3,(H2,18,20,21). The van der Waals surface area contributed by atoms with E-state index >= 15 is 0 Å². The zero-order chi connectivity index (χ0) is 17.4. The van der Waals surface area contributed by atoms with E-state index in [1.165, 1.54) is 6.26 Å². The summed E-state index contributed by atoms with van der Waals surface area (Å²) in [7, 11) is -3.17. The topological polar surface area (TPSA) is 83.5 Å². The van der Waals surface area contributed by atoms with Gasteiger partial charge in [-0.1, -0.05) is 18.2 Å². The van der Waals surface area contributed by atoms with E-state index in [4.69, 9.17) is 0 Å². The van der Waals surface area contributed by atoms with Crippen molar-refractivity contribution in [3.63, 3.8) is 0 Å². The fourth-order valence-corrected chi connectivity index (χ4v) is 2.66. The van der Waals surface area contributed by atoms with Crippen LogP contribution in [0.5, 0.6) is 0 Å². The first-order chi connectivity index (χ1) is 11.5. The van der Waals surface area contributed by atoms with Crippen molar-refractivity contribution in [1.82, 2.24) is 15.6 Å². The van der Waals surface area contributed by atoms with E-state index in [2.05, 4.69) is 20.6 Å². The smallest absolute Gasteiger partial charge is 0.191 e. The molecule has 0 amide bonds. The molecule has 128 valence electrons. The molecule has 0 radical (unpaired) electrons. The molecule has 2 aromatic rings. The van der Waals surface area contributed by atoms with E-state index in [9.17, 15) is 8.42 Å². The van der Waals surface area contributed by atoms with Crippen LogP contribution in [-0.4, -0.2) is 32.2 Å². The van der Waals surface area contributed by atoms with Gasteiger partial charge in [0.2, 0.25) is 0 Å². The number of pyridine rings is 1. The zero-order valence-corrected chi connectivity index (χ0v) is 14.7. The second-order valence-electron chi connectivity index (χ2n) is 5.29. The van der Waals surface area contributed by atoms with Crippen LogP contribution in [-0.2, 0) is 22.9 Å². The van der Waals surface area contributed by atoms with Gasteiger partial charge in [-0.05, 0) is 36.8 Å². The van der Waals surface area contributed by atoms with Gasteiger partial charge in [-0.2, -0.15) is 0 Å². The van der Waals surface area contributed by atoms with Gasteiger partial charge in [-0.15, -0.1) is 0 Å². The molecule has 1 aromatic carbocycles. The van der Waals surface area contributed by atoms with E-state index in [0.717, 1.165) is 17.8 Å². The van der Waals surface area contributed by atoms with Crippen molar-refractivity contribution in [3.8, 4) is 0 Å². The minimum absolute atomic E-state index is 0.315. The minimum Gasteiger partial charge on any atom is -0.357 e. The van der Waals surface area contributed by atoms with Crippen LogP contribution in [0.3, 0.4) is 0 Å². The molecule has 2 rings (SSSR count). The maximum absolute atomic E-state index is 11.5. The third-order valence-electron chi connectivity index (χ3n) is 3.28. The van der Waals surface area contributed by atoms with E-state index < -0.39 is 9.84 Å². The lowest BCUT2D eigenvalue weighted by Crippen LogP contribution is -2.36. The minimum atomic E-state index is -3.17. The average molecular weight is 346 g/mol. The molecule has 0 bridgehead atoms. The number of nitrogens with zero attached hydrogens (tertiary/aromatic N) is 2. The lowest BCUT2D eigenvalue weighted by Gasteiger charge is -2.11. The molecule has 6 nitrogen and oxygen atoms in total. The molecule has 0 fully saturated rings. The molecule has 0 aliphatic rings. The lowest BCUT2D eigenvalue weighted by molar-refractivity contribution is 0.602. The van der Waals surface area contributed by atoms with Crippen molar-refractivity contribution in [1.29, 1.82) is 0 Å². The number of rotatable bonds is 6. The summed E-state index contributed by atoms with van der Waals surface area (Å²) < 4.78 is 22.9. The molecule has 1 aromatic heterocycles. The predicted molar refractivity (Wildman–Crippen MR) is 95.4 cm³/mol. The van der Waals surface area contributed by atoms with Crippen LogP contribution in [0.1, 0.15) is 18.2 Å². The summed E-state index contributed by atoms with van der Waals surface area (Å²) in [6.45, 7) is 3.79. The van der Waals surface area contributed by atoms with Crippen LogP contribution < -0.4 is 10.6 Å². The second kappa shape index (κ2) is 8.44. The lowest BCUT2D eigenvalue weighted by atomic mass is 10.2. The summed E-state index contributed by atoms with van der Waals surface area (Å²) in [6, 6.07) is 12.5. The van der Waals surface area contributed by atoms with Crippen molar-refractivity contribution >= 4 is 15.8 Å². The van der Waals surface area contributed by atoms with Crippen molar-refractivity contribution in [2.75, 3.05) is 12.8 Å². The number of hydrogen-bond donors (Lipinski definition) is 2. The fraction of sp³-hybridized carbons (Fsp3) is 0.294. The largest absolute Gasteiger partial charge is 0.357 e. The highest BCUT2D eigenvalue weighted by molar-refractivity contribution is 7.90. The first-order valence-corrected chi connectivity index (χ1v) is 9.59. The molecule has 1 heterocycles. The second-order valence-corrected chi connectivity index (χ2v) is 7.30. The molecule has 0 aliphatic heterocycles. The van der Waals surface area contributed by atoms with Crippen molar-refractivity contribution < 1.29 is 8.42 Å². The Morgan fingerprint density at radius 1 is 1.12 bits per heavy atom. The number of hydrogen-bond acceptors (Lipinski definition) is 4. The summed E-state index contributed by atoms with van der Waals surface area (Å²) in [5, 5.41) is 6.40. The molecule has 0 aliphatic carbocycles. The van der Waals surface area contributed by atoms with Crippen molar-refractivity contribution in [3.05, 3.63) is 59.9 Å². The Hall–Kier alpha value is -2.41. The van der Waals surface area contributed by atoms with Crippen LogP contribution in [0.4, 0.5) is 0 Å². The molecule has 0 unspecified atom stereocenters. The van der Waals surface area contributed by atoms with Gasteiger partial charge in [0, 0.05) is 19.0 Å². The first kappa shape index (κ1) is 17.9. The molecule has 7 heteroatoms. The number of benzene rings is 1. The Kier molecular flexibility index (Phi) is 6.31.